The molecule has 1 heterocycles. The summed E-state index contributed by atoms with van der Waals surface area (Å²) in [6.07, 6.45) is 3.97. The van der Waals surface area contributed by atoms with E-state index in [9.17, 15) is 14.7 Å². The SMILES string of the molecule is COC(=C(/C)Br)/C(Br)=C\CCn1cc(C(=O)O)c(=O)c2ccccc21. The minimum Gasteiger partial charge on any atom is -0.495 e. The highest BCUT2D eigenvalue weighted by Crippen LogP contribution is 2.25. The fraction of sp³-hybridized carbons (Fsp3) is 0.222. The molecule has 0 fully saturated rings. The molecule has 1 aromatic carbocycles. The Morgan fingerprint density at radius 3 is 2.60 bits per heavy atom. The number of aromatic nitrogens is 1. The van der Waals surface area contributed by atoms with Crippen molar-refractivity contribution in [3.8, 4) is 0 Å². The highest BCUT2D eigenvalue weighted by molar-refractivity contribution is 9.12. The monoisotopic (exact) mass is 469 g/mol. The summed E-state index contributed by atoms with van der Waals surface area (Å²) in [5, 5.41) is 9.67. The maximum absolute atomic E-state index is 12.3. The number of aromatic carboxylic acids is 1. The lowest BCUT2D eigenvalue weighted by atomic mass is 10.1. The summed E-state index contributed by atoms with van der Waals surface area (Å²) in [5.41, 5.74) is 0.0207. The van der Waals surface area contributed by atoms with Gasteiger partial charge in [0.15, 0.2) is 0 Å². The highest BCUT2D eigenvalue weighted by atomic mass is 79.9. The van der Waals surface area contributed by atoms with Gasteiger partial charge in [-0.1, -0.05) is 34.1 Å². The molecule has 0 spiro atoms. The zero-order valence-electron chi connectivity index (χ0n) is 13.8. The molecule has 0 saturated heterocycles. The van der Waals surface area contributed by atoms with Crippen molar-refractivity contribution in [3.63, 3.8) is 0 Å². The zero-order chi connectivity index (χ0) is 18.6. The van der Waals surface area contributed by atoms with Crippen molar-refractivity contribution < 1.29 is 14.6 Å². The van der Waals surface area contributed by atoms with Crippen molar-refractivity contribution in [2.75, 3.05) is 7.11 Å². The van der Waals surface area contributed by atoms with Gasteiger partial charge in [0.25, 0.3) is 0 Å². The number of halogens is 2. The van der Waals surface area contributed by atoms with Gasteiger partial charge in [-0.25, -0.2) is 4.79 Å². The number of carboxylic acids is 1. The Balaban J connectivity index is 2.39. The fourth-order valence-electron chi connectivity index (χ4n) is 2.51. The van der Waals surface area contributed by atoms with Crippen LogP contribution in [0, 0.1) is 0 Å². The van der Waals surface area contributed by atoms with Crippen LogP contribution in [0.3, 0.4) is 0 Å². The number of para-hydroxylation sites is 1. The largest absolute Gasteiger partial charge is 0.495 e. The van der Waals surface area contributed by atoms with Crippen LogP contribution in [0.2, 0.25) is 0 Å². The first-order chi connectivity index (χ1) is 11.9. The van der Waals surface area contributed by atoms with E-state index in [1.807, 2.05) is 25.1 Å². The number of nitrogens with zero attached hydrogens (tertiary/aromatic N) is 1. The summed E-state index contributed by atoms with van der Waals surface area (Å²) in [4.78, 5) is 23.6. The number of ether oxygens (including phenoxy) is 1. The summed E-state index contributed by atoms with van der Waals surface area (Å²) in [7, 11) is 1.59. The lowest BCUT2D eigenvalue weighted by Gasteiger charge is -2.12. The van der Waals surface area contributed by atoms with E-state index in [1.54, 1.807) is 23.8 Å². The predicted octanol–water partition coefficient (Wildman–Crippen LogP) is 4.64. The van der Waals surface area contributed by atoms with Crippen molar-refractivity contribution in [2.24, 2.45) is 0 Å². The number of rotatable bonds is 6. The number of carbonyl (C=O) groups is 1. The average molecular weight is 471 g/mol. The Morgan fingerprint density at radius 2 is 2.00 bits per heavy atom. The minimum absolute atomic E-state index is 0.226. The fourth-order valence-corrected chi connectivity index (χ4v) is 3.84. The van der Waals surface area contributed by atoms with Crippen LogP contribution in [0.5, 0.6) is 0 Å². The van der Waals surface area contributed by atoms with Gasteiger partial charge >= 0.3 is 5.97 Å². The summed E-state index contributed by atoms with van der Waals surface area (Å²) in [6, 6.07) is 7.01. The van der Waals surface area contributed by atoms with E-state index in [4.69, 9.17) is 4.74 Å². The normalized spacial score (nSPS) is 12.9. The number of fused-ring (bicyclic) bond motifs is 1. The van der Waals surface area contributed by atoms with Crippen LogP contribution in [0.15, 0.2) is 56.1 Å². The van der Waals surface area contributed by atoms with Gasteiger partial charge in [-0.2, -0.15) is 0 Å². The molecule has 0 aliphatic heterocycles. The second-order valence-corrected chi connectivity index (χ2v) is 7.34. The smallest absolute Gasteiger partial charge is 0.341 e. The molecule has 2 aromatic rings. The first-order valence-electron chi connectivity index (χ1n) is 7.48. The molecule has 7 heteroatoms. The first-order valence-corrected chi connectivity index (χ1v) is 9.07. The Kier molecular flexibility index (Phi) is 6.61. The number of hydrogen-bond acceptors (Lipinski definition) is 3. The molecular weight excluding hydrogens is 454 g/mol. The number of pyridine rings is 1. The van der Waals surface area contributed by atoms with Gasteiger partial charge in [-0.05, 0) is 41.4 Å². The molecule has 0 aliphatic carbocycles. The molecule has 5 nitrogen and oxygen atoms in total. The van der Waals surface area contributed by atoms with Gasteiger partial charge < -0.3 is 14.4 Å². The zero-order valence-corrected chi connectivity index (χ0v) is 16.9. The second kappa shape index (κ2) is 8.49. The second-order valence-electron chi connectivity index (χ2n) is 5.30. The lowest BCUT2D eigenvalue weighted by Crippen LogP contribution is -2.18. The number of methoxy groups -OCH3 is 1. The minimum atomic E-state index is -1.22. The summed E-state index contributed by atoms with van der Waals surface area (Å²) < 4.78 is 8.75. The molecule has 0 amide bonds. The average Bonchev–Trinajstić information content (AvgIpc) is 2.57. The topological polar surface area (TPSA) is 68.5 Å². The third kappa shape index (κ3) is 4.41. The van der Waals surface area contributed by atoms with Gasteiger partial charge in [0, 0.05) is 22.6 Å². The van der Waals surface area contributed by atoms with Gasteiger partial charge in [0.1, 0.15) is 11.3 Å². The molecule has 0 atom stereocenters. The van der Waals surface area contributed by atoms with Crippen LogP contribution < -0.4 is 5.43 Å². The van der Waals surface area contributed by atoms with Crippen molar-refractivity contribution >= 4 is 48.7 Å². The summed E-state index contributed by atoms with van der Waals surface area (Å²) in [5.74, 6) is -0.531. The standard InChI is InChI=1S/C18H17Br2NO4/c1-11(19)17(25-2)14(20)7-5-9-21-10-13(18(23)24)16(22)12-6-3-4-8-15(12)21/h3-4,6-8,10H,5,9H2,1-2H3,(H,23,24)/b14-7+,17-11-. The van der Waals surface area contributed by atoms with E-state index in [0.717, 1.165) is 8.96 Å². The van der Waals surface area contributed by atoms with Gasteiger partial charge in [0.2, 0.25) is 5.43 Å². The number of hydrogen-bond donors (Lipinski definition) is 1. The van der Waals surface area contributed by atoms with Gasteiger partial charge in [-0.3, -0.25) is 4.79 Å². The lowest BCUT2D eigenvalue weighted by molar-refractivity contribution is 0.0695. The molecule has 0 radical (unpaired) electrons. The van der Waals surface area contributed by atoms with Crippen LogP contribution >= 0.6 is 31.9 Å². The van der Waals surface area contributed by atoms with Gasteiger partial charge in [0.05, 0.1) is 17.1 Å². The van der Waals surface area contributed by atoms with Crippen LogP contribution in [0.1, 0.15) is 23.7 Å². The predicted molar refractivity (Wildman–Crippen MR) is 105 cm³/mol. The molecule has 25 heavy (non-hydrogen) atoms. The van der Waals surface area contributed by atoms with Crippen LogP contribution in [0.4, 0.5) is 0 Å². The molecule has 0 unspecified atom stereocenters. The van der Waals surface area contributed by atoms with E-state index in [0.29, 0.717) is 29.6 Å². The van der Waals surface area contributed by atoms with Crippen molar-refractivity contribution in [3.05, 3.63) is 67.0 Å². The molecule has 0 bridgehead atoms. The third-order valence-electron chi connectivity index (χ3n) is 3.65. The molecule has 0 aliphatic rings. The highest BCUT2D eigenvalue weighted by Gasteiger charge is 2.14. The van der Waals surface area contributed by atoms with E-state index in [1.165, 1.54) is 6.20 Å². The van der Waals surface area contributed by atoms with Crippen molar-refractivity contribution in [1.82, 2.24) is 4.57 Å². The molecule has 0 saturated carbocycles. The van der Waals surface area contributed by atoms with E-state index >= 15 is 0 Å². The molecule has 2 rings (SSSR count). The number of carboxylic acid groups (broad SMARTS) is 1. The van der Waals surface area contributed by atoms with Gasteiger partial charge in [-0.15, -0.1) is 0 Å². The Hall–Kier alpha value is -1.86. The summed E-state index contributed by atoms with van der Waals surface area (Å²) >= 11 is 6.86. The Bertz CT molecular complexity index is 924. The molecule has 132 valence electrons. The molecule has 1 N–H and O–H groups in total. The summed E-state index contributed by atoms with van der Waals surface area (Å²) in [6.45, 7) is 2.40. The number of benzene rings is 1. The maximum atomic E-state index is 12.3. The van der Waals surface area contributed by atoms with Crippen molar-refractivity contribution in [2.45, 2.75) is 19.9 Å². The van der Waals surface area contributed by atoms with Crippen LogP contribution in [0.25, 0.3) is 10.9 Å². The quantitative estimate of drug-likeness (QED) is 0.493. The van der Waals surface area contributed by atoms with E-state index in [2.05, 4.69) is 31.9 Å². The van der Waals surface area contributed by atoms with Crippen LogP contribution in [-0.4, -0.2) is 22.8 Å². The molecule has 1 aromatic heterocycles. The van der Waals surface area contributed by atoms with Crippen LogP contribution in [-0.2, 0) is 11.3 Å². The van der Waals surface area contributed by atoms with E-state index < -0.39 is 11.4 Å². The number of aryl methyl sites for hydroxylation is 1. The maximum Gasteiger partial charge on any atom is 0.341 e. The Labute approximate surface area is 161 Å². The Morgan fingerprint density at radius 1 is 1.32 bits per heavy atom. The van der Waals surface area contributed by atoms with Crippen molar-refractivity contribution in [1.29, 1.82) is 0 Å². The first kappa shape index (κ1) is 19.5. The third-order valence-corrected chi connectivity index (χ3v) is 4.69. The number of allylic oxidation sites excluding steroid dienone is 3. The molecular formula is C18H17Br2NO4. The van der Waals surface area contributed by atoms with E-state index in [-0.39, 0.29) is 5.56 Å².